The lowest BCUT2D eigenvalue weighted by Crippen LogP contribution is -2.19. The molecule has 0 unspecified atom stereocenters. The van der Waals surface area contributed by atoms with Gasteiger partial charge in [0.15, 0.2) is 0 Å². The Balaban J connectivity index is 1.35. The Kier molecular flexibility index (Phi) is 6.57. The van der Waals surface area contributed by atoms with E-state index in [1.54, 1.807) is 35.6 Å². The molecule has 2 amide bonds. The largest absolute Gasteiger partial charge is 0.481 e. The van der Waals surface area contributed by atoms with Crippen LogP contribution in [0.1, 0.15) is 5.56 Å². The Morgan fingerprint density at radius 1 is 0.889 bits per heavy atom. The first kappa shape index (κ1) is 23.4. The van der Waals surface area contributed by atoms with Gasteiger partial charge in [-0.1, -0.05) is 48.0 Å². The fourth-order valence-electron chi connectivity index (χ4n) is 3.72. The maximum Gasteiger partial charge on any atom is 0.323 e. The third kappa shape index (κ3) is 5.17. The minimum atomic E-state index is -0.860. The van der Waals surface area contributed by atoms with E-state index in [-0.39, 0.29) is 6.42 Å². The number of rotatable bonds is 6. The summed E-state index contributed by atoms with van der Waals surface area (Å²) in [6.45, 7) is 0. The third-order valence-corrected chi connectivity index (χ3v) is 6.56. The molecule has 0 atom stereocenters. The molecule has 178 valence electrons. The number of amides is 2. The van der Waals surface area contributed by atoms with E-state index in [9.17, 15) is 9.59 Å². The maximum atomic E-state index is 12.3. The van der Waals surface area contributed by atoms with Gasteiger partial charge in [-0.05, 0) is 35.4 Å². The summed E-state index contributed by atoms with van der Waals surface area (Å²) in [7, 11) is 0. The van der Waals surface area contributed by atoms with Gasteiger partial charge in [0.2, 0.25) is 0 Å². The van der Waals surface area contributed by atoms with Crippen molar-refractivity contribution < 1.29 is 14.7 Å². The highest BCUT2D eigenvalue weighted by Crippen LogP contribution is 2.37. The van der Waals surface area contributed by atoms with Gasteiger partial charge < -0.3 is 15.7 Å². The van der Waals surface area contributed by atoms with Crippen LogP contribution < -0.4 is 10.6 Å². The highest BCUT2D eigenvalue weighted by Gasteiger charge is 2.14. The molecule has 0 saturated carbocycles. The normalized spacial score (nSPS) is 10.8. The predicted octanol–water partition coefficient (Wildman–Crippen LogP) is 6.34. The first-order valence-corrected chi connectivity index (χ1v) is 12.1. The topological polar surface area (TPSA) is 117 Å². The monoisotopic (exact) mass is 515 g/mol. The highest BCUT2D eigenvalue weighted by atomic mass is 35.5. The van der Waals surface area contributed by atoms with E-state index >= 15 is 0 Å². The molecule has 0 spiro atoms. The van der Waals surface area contributed by atoms with Crippen LogP contribution in [0.25, 0.3) is 32.6 Å². The van der Waals surface area contributed by atoms with Gasteiger partial charge in [0.1, 0.15) is 11.5 Å². The molecule has 0 bridgehead atoms. The molecule has 3 N–H and O–H groups in total. The molecule has 3 heterocycles. The molecule has 0 aliphatic carbocycles. The number of anilines is 2. The first-order valence-electron chi connectivity index (χ1n) is 10.8. The maximum absolute atomic E-state index is 12.3. The molecule has 10 heteroatoms. The number of nitrogens with one attached hydrogen (secondary N) is 2. The summed E-state index contributed by atoms with van der Waals surface area (Å²) in [4.78, 5) is 36.1. The Labute approximate surface area is 214 Å². The number of carboxylic acid groups (broad SMARTS) is 1. The molecule has 3 aromatic heterocycles. The smallest absolute Gasteiger partial charge is 0.323 e. The number of hydrogen-bond acceptors (Lipinski definition) is 6. The van der Waals surface area contributed by atoms with Crippen molar-refractivity contribution in [3.63, 3.8) is 0 Å². The molecule has 0 saturated heterocycles. The average Bonchev–Trinajstić information content (AvgIpc) is 3.29. The van der Waals surface area contributed by atoms with Crippen LogP contribution in [0.15, 0.2) is 78.6 Å². The second-order valence-corrected chi connectivity index (χ2v) is 9.11. The van der Waals surface area contributed by atoms with Crippen LogP contribution in [-0.4, -0.2) is 32.1 Å². The molecule has 0 radical (unpaired) electrons. The van der Waals surface area contributed by atoms with Crippen molar-refractivity contribution in [1.82, 2.24) is 15.0 Å². The number of halogens is 1. The van der Waals surface area contributed by atoms with Gasteiger partial charge in [-0.15, -0.1) is 11.3 Å². The van der Waals surface area contributed by atoms with Crippen LogP contribution in [0.4, 0.5) is 16.2 Å². The number of carboxylic acids is 1. The Morgan fingerprint density at radius 2 is 1.61 bits per heavy atom. The van der Waals surface area contributed by atoms with Gasteiger partial charge in [0.25, 0.3) is 0 Å². The fraction of sp³-hybridized carbons (Fsp3) is 0.0385. The van der Waals surface area contributed by atoms with Crippen molar-refractivity contribution >= 4 is 56.5 Å². The van der Waals surface area contributed by atoms with E-state index in [2.05, 4.69) is 25.6 Å². The highest BCUT2D eigenvalue weighted by molar-refractivity contribution is 7.18. The van der Waals surface area contributed by atoms with Gasteiger partial charge >= 0.3 is 12.0 Å². The van der Waals surface area contributed by atoms with Crippen LogP contribution in [0.2, 0.25) is 5.15 Å². The molecular weight excluding hydrogens is 498 g/mol. The van der Waals surface area contributed by atoms with Gasteiger partial charge in [-0.2, -0.15) is 0 Å². The first-order chi connectivity index (χ1) is 17.5. The molecular formula is C26H18ClN5O3S. The Bertz CT molecular complexity index is 1570. The number of aliphatic carboxylic acids is 1. The van der Waals surface area contributed by atoms with E-state index in [0.29, 0.717) is 16.5 Å². The summed E-state index contributed by atoms with van der Waals surface area (Å²) in [6, 6.07) is 17.7. The number of thiophene rings is 1. The van der Waals surface area contributed by atoms with Crippen LogP contribution in [0, 0.1) is 0 Å². The van der Waals surface area contributed by atoms with Crippen LogP contribution in [-0.2, 0) is 11.2 Å². The number of aromatic nitrogens is 3. The molecule has 2 aromatic carbocycles. The molecule has 5 aromatic rings. The van der Waals surface area contributed by atoms with E-state index in [1.165, 1.54) is 12.5 Å². The number of urea groups is 1. The number of fused-ring (bicyclic) bond motifs is 1. The summed E-state index contributed by atoms with van der Waals surface area (Å²) in [5.74, 6) is -0.860. The van der Waals surface area contributed by atoms with Crippen LogP contribution in [0.5, 0.6) is 0 Å². The zero-order chi connectivity index (χ0) is 25.1. The van der Waals surface area contributed by atoms with E-state index in [4.69, 9.17) is 16.7 Å². The summed E-state index contributed by atoms with van der Waals surface area (Å²) in [5, 5.41) is 16.8. The number of pyridine rings is 1. The third-order valence-electron chi connectivity index (χ3n) is 5.37. The molecule has 0 aliphatic heterocycles. The van der Waals surface area contributed by atoms with Crippen LogP contribution in [0.3, 0.4) is 0 Å². The Hall–Kier alpha value is -4.34. The van der Waals surface area contributed by atoms with E-state index < -0.39 is 12.0 Å². The zero-order valence-corrected chi connectivity index (χ0v) is 20.2. The van der Waals surface area contributed by atoms with Crippen LogP contribution >= 0.6 is 22.9 Å². The Morgan fingerprint density at radius 3 is 2.33 bits per heavy atom. The zero-order valence-electron chi connectivity index (χ0n) is 18.6. The summed E-state index contributed by atoms with van der Waals surface area (Å²) >= 11 is 7.40. The van der Waals surface area contributed by atoms with Crippen molar-refractivity contribution in [3.05, 3.63) is 89.3 Å². The lowest BCUT2D eigenvalue weighted by atomic mass is 10.0. The van der Waals surface area contributed by atoms with Gasteiger partial charge in [-0.25, -0.2) is 19.7 Å². The van der Waals surface area contributed by atoms with Gasteiger partial charge in [0, 0.05) is 34.1 Å². The molecule has 8 nitrogen and oxygen atoms in total. The second-order valence-electron chi connectivity index (χ2n) is 7.84. The lowest BCUT2D eigenvalue weighted by molar-refractivity contribution is -0.136. The summed E-state index contributed by atoms with van der Waals surface area (Å²) in [5.41, 5.74) is 6.34. The van der Waals surface area contributed by atoms with Crippen molar-refractivity contribution in [1.29, 1.82) is 0 Å². The minimum Gasteiger partial charge on any atom is -0.481 e. The molecule has 0 fully saturated rings. The fourth-order valence-corrected chi connectivity index (χ4v) is 4.94. The second kappa shape index (κ2) is 10.1. The molecule has 5 rings (SSSR count). The standard InChI is InChI=1S/C26H18ClN5O3S/c27-21-12-19(9-10-28-21)32-26(35)31-18-7-5-17(6-8-18)23-25-24(30-14-29-23)20(13-36-25)16-3-1-15(2-4-16)11-22(33)34/h1-10,12-14H,11H2,(H,33,34)(H2,28,31,32,35). The lowest BCUT2D eigenvalue weighted by Gasteiger charge is -2.09. The van der Waals surface area contributed by atoms with Crippen molar-refractivity contribution in [2.75, 3.05) is 10.6 Å². The van der Waals surface area contributed by atoms with Crippen molar-refractivity contribution in [3.8, 4) is 22.4 Å². The number of carbonyl (C=O) groups is 2. The summed E-state index contributed by atoms with van der Waals surface area (Å²) in [6.07, 6.45) is 3.04. The molecule has 0 aliphatic rings. The average molecular weight is 516 g/mol. The number of hydrogen-bond donors (Lipinski definition) is 3. The number of carbonyl (C=O) groups excluding carboxylic acids is 1. The predicted molar refractivity (Wildman–Crippen MR) is 142 cm³/mol. The van der Waals surface area contributed by atoms with Crippen molar-refractivity contribution in [2.45, 2.75) is 6.42 Å². The number of benzene rings is 2. The van der Waals surface area contributed by atoms with E-state index in [0.717, 1.165) is 38.2 Å². The molecule has 36 heavy (non-hydrogen) atoms. The minimum absolute atomic E-state index is 0.0123. The van der Waals surface area contributed by atoms with Crippen molar-refractivity contribution in [2.24, 2.45) is 0 Å². The van der Waals surface area contributed by atoms with E-state index in [1.807, 2.05) is 41.8 Å². The van der Waals surface area contributed by atoms with Gasteiger partial charge in [0.05, 0.1) is 22.3 Å². The SMILES string of the molecule is O=C(O)Cc1ccc(-c2csc3c(-c4ccc(NC(=O)Nc5ccnc(Cl)c5)cc4)ncnc23)cc1. The van der Waals surface area contributed by atoms with Gasteiger partial charge in [-0.3, -0.25) is 4.79 Å². The number of nitrogens with zero attached hydrogens (tertiary/aromatic N) is 3. The summed E-state index contributed by atoms with van der Waals surface area (Å²) < 4.78 is 0.940. The quantitative estimate of drug-likeness (QED) is 0.227.